The minimum absolute atomic E-state index is 0.163. The van der Waals surface area contributed by atoms with Crippen LogP contribution in [-0.4, -0.2) is 61.5 Å². The van der Waals surface area contributed by atoms with Crippen LogP contribution >= 0.6 is 9.03 Å². The summed E-state index contributed by atoms with van der Waals surface area (Å²) >= 11 is 0. The van der Waals surface area contributed by atoms with E-state index in [1.807, 2.05) is 12.1 Å². The van der Waals surface area contributed by atoms with Crippen molar-refractivity contribution in [1.29, 1.82) is 0 Å². The van der Waals surface area contributed by atoms with Crippen LogP contribution in [0.25, 0.3) is 21.5 Å². The van der Waals surface area contributed by atoms with Crippen LogP contribution in [0.15, 0.2) is 117 Å². The van der Waals surface area contributed by atoms with Gasteiger partial charge < -0.3 is 14.4 Å². The molecule has 2 aliphatic heterocycles. The fraction of sp³-hybridized carbons (Fsp3) is 0.326. The Hall–Kier alpha value is -5.22. The van der Waals surface area contributed by atoms with Gasteiger partial charge in [0.15, 0.2) is 18.9 Å². The van der Waals surface area contributed by atoms with E-state index in [1.54, 1.807) is 6.07 Å². The van der Waals surface area contributed by atoms with E-state index < -0.39 is 15.5 Å². The normalized spacial score (nSPS) is 18.6. The Labute approximate surface area is 342 Å². The Morgan fingerprint density at radius 2 is 1.53 bits per heavy atom. The average molecular weight is 819 g/mol. The number of rotatable bonds is 11. The largest absolute Gasteiger partial charge is 0.464 e. The lowest BCUT2D eigenvalue weighted by atomic mass is 9.78. The minimum Gasteiger partial charge on any atom is -0.464 e. The van der Waals surface area contributed by atoms with Crippen LogP contribution in [-0.2, 0) is 40.0 Å². The first-order valence-corrected chi connectivity index (χ1v) is 21.3. The molecule has 0 bridgehead atoms. The van der Waals surface area contributed by atoms with E-state index in [0.717, 1.165) is 63.4 Å². The number of benzene rings is 4. The number of hydrogen-bond acceptors (Lipinski definition) is 8. The second-order valence-corrected chi connectivity index (χ2v) is 17.8. The van der Waals surface area contributed by atoms with Crippen LogP contribution in [0.4, 0.5) is 11.4 Å². The lowest BCUT2D eigenvalue weighted by Gasteiger charge is -2.27. The van der Waals surface area contributed by atoms with Gasteiger partial charge in [-0.25, -0.2) is 4.74 Å². The van der Waals surface area contributed by atoms with Crippen molar-refractivity contribution in [2.24, 2.45) is 4.74 Å². The number of allylic oxidation sites excluding steroid dienone is 7. The molecule has 0 atom stereocenters. The summed E-state index contributed by atoms with van der Waals surface area (Å²) in [6, 6.07) is 19.4. The lowest BCUT2D eigenvalue weighted by molar-refractivity contribution is -0.440. The van der Waals surface area contributed by atoms with E-state index in [0.29, 0.717) is 18.5 Å². The van der Waals surface area contributed by atoms with Crippen LogP contribution in [0.3, 0.4) is 0 Å². The molecule has 10 nitrogen and oxygen atoms in total. The first-order chi connectivity index (χ1) is 27.4. The topological polar surface area (TPSA) is 126 Å². The summed E-state index contributed by atoms with van der Waals surface area (Å²) in [4.78, 5) is 25.5. The van der Waals surface area contributed by atoms with E-state index in [4.69, 9.17) is 9.47 Å². The summed E-state index contributed by atoms with van der Waals surface area (Å²) in [7, 11) is -0.875. The molecule has 1 aliphatic carbocycles. The molecule has 1 N–H and O–H groups in total. The van der Waals surface area contributed by atoms with Gasteiger partial charge in [-0.15, -0.1) is 0 Å². The number of carbonyl (C=O) groups is 2. The van der Waals surface area contributed by atoms with Crippen molar-refractivity contribution < 1.29 is 36.6 Å². The van der Waals surface area contributed by atoms with E-state index in [1.165, 1.54) is 47.9 Å². The Morgan fingerprint density at radius 3 is 2.24 bits per heavy atom. The van der Waals surface area contributed by atoms with E-state index in [9.17, 15) is 22.6 Å². The number of aryl methyl sites for hydroxylation is 1. The fourth-order valence-electron chi connectivity index (χ4n) is 9.03. The molecule has 300 valence electrons. The van der Waals surface area contributed by atoms with Gasteiger partial charge in [-0.3, -0.25) is 14.1 Å². The van der Waals surface area contributed by atoms with Gasteiger partial charge in [0.25, 0.3) is 10.1 Å². The summed E-state index contributed by atoms with van der Waals surface area (Å²) in [6.45, 7) is 15.1. The molecule has 4 aromatic carbocycles. The standard InChI is InChI=1S/C46H48N3O7PS/c1-28-8-16-36-33(26-28)11-18-38-42(36)45(4,5)40(48(38)22-24-55-29(2)50)20-13-31-9-10-32(44(31)47-57)14-21-41-46(6,7)43-37-17-15-35(58(52,53)54)27-34(37)12-19-39(43)49(41)23-25-56-30(3)51/h8,11-21,26-27,57H,9-10,22-25H2,1-7H3/p+1. The second-order valence-electron chi connectivity index (χ2n) is 16.2. The lowest BCUT2D eigenvalue weighted by Crippen LogP contribution is -2.29. The Balaban J connectivity index is 1.27. The molecule has 7 rings (SSSR count). The number of hydrogen-bond donors (Lipinski definition) is 1. The summed E-state index contributed by atoms with van der Waals surface area (Å²) < 4.78 is 51.3. The summed E-state index contributed by atoms with van der Waals surface area (Å²) in [5.74, 6) is -0.667. The van der Waals surface area contributed by atoms with Gasteiger partial charge in [0.1, 0.15) is 6.61 Å². The molecule has 0 unspecified atom stereocenters. The van der Waals surface area contributed by atoms with Crippen molar-refractivity contribution in [1.82, 2.24) is 0 Å². The van der Waals surface area contributed by atoms with Gasteiger partial charge in [-0.05, 0) is 111 Å². The molecule has 0 saturated carbocycles. The summed E-state index contributed by atoms with van der Waals surface area (Å²) in [5, 5.41) is 3.96. The molecule has 12 heteroatoms. The number of carbonyl (C=O) groups excluding carboxylic acids is 2. The minimum atomic E-state index is -4.38. The zero-order valence-corrected chi connectivity index (χ0v) is 35.8. The molecule has 0 radical (unpaired) electrons. The van der Waals surface area contributed by atoms with Gasteiger partial charge in [-0.2, -0.15) is 13.0 Å². The van der Waals surface area contributed by atoms with Crippen LogP contribution < -0.4 is 4.90 Å². The van der Waals surface area contributed by atoms with Crippen molar-refractivity contribution in [3.8, 4) is 0 Å². The number of nitrogens with zero attached hydrogens (tertiary/aromatic N) is 3. The summed E-state index contributed by atoms with van der Waals surface area (Å²) in [5.41, 5.74) is 9.71. The number of fused-ring (bicyclic) bond motifs is 6. The fourth-order valence-corrected chi connectivity index (χ4v) is 9.83. The Bertz CT molecular complexity index is 2700. The predicted octanol–water partition coefficient (Wildman–Crippen LogP) is 9.59. The highest BCUT2D eigenvalue weighted by Crippen LogP contribution is 2.51. The van der Waals surface area contributed by atoms with Crippen molar-refractivity contribution in [3.63, 3.8) is 0 Å². The highest BCUT2D eigenvalue weighted by Gasteiger charge is 2.46. The molecule has 58 heavy (non-hydrogen) atoms. The maximum Gasteiger partial charge on any atom is 0.302 e. The predicted molar refractivity (Wildman–Crippen MR) is 231 cm³/mol. The maximum absolute atomic E-state index is 12.0. The third kappa shape index (κ3) is 7.47. The first kappa shape index (κ1) is 41.0. The highest BCUT2D eigenvalue weighted by molar-refractivity contribution is 7.85. The zero-order valence-electron chi connectivity index (χ0n) is 34.0. The first-order valence-electron chi connectivity index (χ1n) is 19.4. The van der Waals surface area contributed by atoms with Crippen LogP contribution in [0, 0.1) is 6.92 Å². The molecular formula is C46H49N3O7PS+. The van der Waals surface area contributed by atoms with Crippen molar-refractivity contribution in [3.05, 3.63) is 124 Å². The van der Waals surface area contributed by atoms with Gasteiger partial charge >= 0.3 is 11.9 Å². The molecule has 0 aromatic heterocycles. The average Bonchev–Trinajstić information content (AvgIpc) is 3.72. The van der Waals surface area contributed by atoms with Crippen LogP contribution in [0.1, 0.15) is 71.1 Å². The maximum atomic E-state index is 12.0. The van der Waals surface area contributed by atoms with E-state index >= 15 is 0 Å². The zero-order chi connectivity index (χ0) is 41.7. The van der Waals surface area contributed by atoms with E-state index in [2.05, 4.69) is 113 Å². The third-order valence-electron chi connectivity index (χ3n) is 11.6. The molecule has 4 aromatic rings. The number of esters is 2. The van der Waals surface area contributed by atoms with Gasteiger partial charge in [0, 0.05) is 48.4 Å². The molecule has 3 aliphatic rings. The summed E-state index contributed by atoms with van der Waals surface area (Å²) in [6.07, 6.45) is 10.1. The molecule has 0 amide bonds. The second kappa shape index (κ2) is 15.5. The van der Waals surface area contributed by atoms with E-state index in [-0.39, 0.29) is 35.5 Å². The third-order valence-corrected chi connectivity index (χ3v) is 12.7. The Morgan fingerprint density at radius 1 is 0.862 bits per heavy atom. The molecule has 0 fully saturated rings. The molecular weight excluding hydrogens is 770 g/mol. The SMILES string of the molecule is CC(=O)OCCN1/C(=C/C=C2\CCC(/C=C/C3=[N+](CCOC(C)=O)c4ccc5cc(C)ccc5c4C3(C)C)=C2N=P)C(C)(C)c2c1ccc1cc(S(=O)(=O)O)ccc21. The number of ether oxygens (including phenoxy) is 2. The molecule has 0 spiro atoms. The quantitative estimate of drug-likeness (QED) is 0.0687. The molecule has 0 saturated heterocycles. The van der Waals surface area contributed by atoms with Crippen LogP contribution in [0.5, 0.6) is 0 Å². The smallest absolute Gasteiger partial charge is 0.302 e. The highest BCUT2D eigenvalue weighted by atomic mass is 32.2. The van der Waals surface area contributed by atoms with Crippen molar-refractivity contribution in [2.75, 3.05) is 31.2 Å². The monoisotopic (exact) mass is 818 g/mol. The van der Waals surface area contributed by atoms with Gasteiger partial charge in [-0.1, -0.05) is 61.9 Å². The van der Waals surface area contributed by atoms with Gasteiger partial charge in [0.2, 0.25) is 5.69 Å². The Kier molecular flexibility index (Phi) is 11.0. The van der Waals surface area contributed by atoms with Crippen LogP contribution in [0.2, 0.25) is 0 Å². The van der Waals surface area contributed by atoms with Crippen molar-refractivity contribution in [2.45, 2.75) is 77.0 Å². The van der Waals surface area contributed by atoms with Gasteiger partial charge in [0.05, 0.1) is 22.6 Å². The van der Waals surface area contributed by atoms with Crippen molar-refractivity contribution >= 4 is 69.7 Å². The number of anilines is 1. The molecule has 2 heterocycles.